The van der Waals surface area contributed by atoms with Crippen molar-refractivity contribution in [3.05, 3.63) is 29.8 Å². The normalized spacial score (nSPS) is 10.5. The number of rotatable bonds is 9. The molecular weight excluding hydrogens is 218 g/mol. The van der Waals surface area contributed by atoms with Crippen molar-refractivity contribution in [3.8, 4) is 5.75 Å². The second kappa shape index (κ2) is 8.98. The second-order valence-electron chi connectivity index (χ2n) is 3.70. The minimum Gasteiger partial charge on any atom is -0.493 e. The first-order valence-corrected chi connectivity index (χ1v) is 5.89. The number of para-hydroxylation sites is 1. The zero-order valence-electron chi connectivity index (χ0n) is 10.3. The molecule has 17 heavy (non-hydrogen) atoms. The van der Waals surface area contributed by atoms with Gasteiger partial charge in [0, 0.05) is 38.8 Å². The van der Waals surface area contributed by atoms with E-state index < -0.39 is 0 Å². The molecular formula is C13H21NO3. The lowest BCUT2D eigenvalue weighted by atomic mass is 10.2. The molecule has 1 rings (SSSR count). The third kappa shape index (κ3) is 5.68. The van der Waals surface area contributed by atoms with Gasteiger partial charge >= 0.3 is 0 Å². The lowest BCUT2D eigenvalue weighted by molar-refractivity contribution is 0.198. The van der Waals surface area contributed by atoms with Gasteiger partial charge in [0.25, 0.3) is 0 Å². The van der Waals surface area contributed by atoms with E-state index >= 15 is 0 Å². The standard InChI is InChI=1S/C13H21NO3/c1-16-10-7-14-11-12-5-2-3-6-13(12)17-9-4-8-15/h2-3,5-6,14-15H,4,7-11H2,1H3. The van der Waals surface area contributed by atoms with E-state index in [2.05, 4.69) is 5.32 Å². The summed E-state index contributed by atoms with van der Waals surface area (Å²) in [6.07, 6.45) is 0.658. The SMILES string of the molecule is COCCNCc1ccccc1OCCCO. The third-order valence-corrected chi connectivity index (χ3v) is 2.33. The first-order chi connectivity index (χ1) is 8.38. The van der Waals surface area contributed by atoms with Gasteiger partial charge in [-0.05, 0) is 6.07 Å². The van der Waals surface area contributed by atoms with Crippen molar-refractivity contribution in [2.45, 2.75) is 13.0 Å². The molecule has 0 radical (unpaired) electrons. The van der Waals surface area contributed by atoms with E-state index in [1.807, 2.05) is 24.3 Å². The molecule has 0 aliphatic carbocycles. The van der Waals surface area contributed by atoms with Crippen molar-refractivity contribution in [1.82, 2.24) is 5.32 Å². The molecule has 0 amide bonds. The van der Waals surface area contributed by atoms with Crippen LogP contribution in [0.25, 0.3) is 0 Å². The highest BCUT2D eigenvalue weighted by Crippen LogP contribution is 2.17. The molecule has 1 aromatic rings. The van der Waals surface area contributed by atoms with Gasteiger partial charge in [-0.1, -0.05) is 18.2 Å². The third-order valence-electron chi connectivity index (χ3n) is 2.33. The Kier molecular flexibility index (Phi) is 7.38. The van der Waals surface area contributed by atoms with Gasteiger partial charge in [-0.25, -0.2) is 0 Å². The monoisotopic (exact) mass is 239 g/mol. The fourth-order valence-corrected chi connectivity index (χ4v) is 1.43. The van der Waals surface area contributed by atoms with Crippen LogP contribution in [0.15, 0.2) is 24.3 Å². The molecule has 0 saturated carbocycles. The van der Waals surface area contributed by atoms with Crippen LogP contribution in [0.1, 0.15) is 12.0 Å². The van der Waals surface area contributed by atoms with E-state index in [1.54, 1.807) is 7.11 Å². The van der Waals surface area contributed by atoms with E-state index in [-0.39, 0.29) is 6.61 Å². The quantitative estimate of drug-likeness (QED) is 0.635. The van der Waals surface area contributed by atoms with Crippen molar-refractivity contribution in [1.29, 1.82) is 0 Å². The number of aliphatic hydroxyl groups excluding tert-OH is 1. The Morgan fingerprint density at radius 2 is 2.06 bits per heavy atom. The van der Waals surface area contributed by atoms with Crippen LogP contribution in [0.3, 0.4) is 0 Å². The smallest absolute Gasteiger partial charge is 0.123 e. The zero-order chi connectivity index (χ0) is 12.3. The Balaban J connectivity index is 2.40. The maximum absolute atomic E-state index is 8.71. The van der Waals surface area contributed by atoms with Crippen LogP contribution < -0.4 is 10.1 Å². The minimum atomic E-state index is 0.161. The highest BCUT2D eigenvalue weighted by molar-refractivity contribution is 5.33. The number of benzene rings is 1. The summed E-state index contributed by atoms with van der Waals surface area (Å²) in [6, 6.07) is 7.93. The molecule has 0 heterocycles. The zero-order valence-corrected chi connectivity index (χ0v) is 10.3. The van der Waals surface area contributed by atoms with Gasteiger partial charge in [-0.15, -0.1) is 0 Å². The van der Waals surface area contributed by atoms with Crippen molar-refractivity contribution >= 4 is 0 Å². The van der Waals surface area contributed by atoms with Crippen LogP contribution in [0.2, 0.25) is 0 Å². The minimum absolute atomic E-state index is 0.161. The molecule has 0 fully saturated rings. The van der Waals surface area contributed by atoms with Gasteiger partial charge in [0.15, 0.2) is 0 Å². The van der Waals surface area contributed by atoms with Gasteiger partial charge in [0.2, 0.25) is 0 Å². The Labute approximate surface area is 103 Å². The molecule has 0 aromatic heterocycles. The van der Waals surface area contributed by atoms with Crippen LogP contribution in [0.5, 0.6) is 5.75 Å². The summed E-state index contributed by atoms with van der Waals surface area (Å²) < 4.78 is 10.6. The van der Waals surface area contributed by atoms with E-state index in [4.69, 9.17) is 14.6 Å². The van der Waals surface area contributed by atoms with Gasteiger partial charge in [-0.3, -0.25) is 0 Å². The molecule has 0 atom stereocenters. The highest BCUT2D eigenvalue weighted by Gasteiger charge is 2.01. The Morgan fingerprint density at radius 3 is 2.82 bits per heavy atom. The number of hydrogen-bond acceptors (Lipinski definition) is 4. The van der Waals surface area contributed by atoms with E-state index in [1.165, 1.54) is 0 Å². The molecule has 0 bridgehead atoms. The summed E-state index contributed by atoms with van der Waals surface area (Å²) in [5, 5.41) is 12.0. The van der Waals surface area contributed by atoms with Crippen LogP contribution in [0.4, 0.5) is 0 Å². The van der Waals surface area contributed by atoms with Crippen LogP contribution >= 0.6 is 0 Å². The maximum Gasteiger partial charge on any atom is 0.123 e. The number of nitrogens with one attached hydrogen (secondary N) is 1. The van der Waals surface area contributed by atoms with Gasteiger partial charge in [-0.2, -0.15) is 0 Å². The van der Waals surface area contributed by atoms with Gasteiger partial charge in [0.1, 0.15) is 5.75 Å². The van der Waals surface area contributed by atoms with Crippen LogP contribution in [-0.2, 0) is 11.3 Å². The molecule has 96 valence electrons. The van der Waals surface area contributed by atoms with E-state index in [0.717, 1.165) is 24.4 Å². The van der Waals surface area contributed by atoms with Crippen LogP contribution in [-0.4, -0.2) is 38.6 Å². The van der Waals surface area contributed by atoms with E-state index in [0.29, 0.717) is 19.6 Å². The predicted molar refractivity (Wildman–Crippen MR) is 67.2 cm³/mol. The number of aliphatic hydroxyl groups is 1. The molecule has 0 aliphatic rings. The number of ether oxygens (including phenoxy) is 2. The first kappa shape index (κ1) is 14.0. The summed E-state index contributed by atoms with van der Waals surface area (Å²) in [6.45, 7) is 2.99. The van der Waals surface area contributed by atoms with Crippen LogP contribution in [0, 0.1) is 0 Å². The Morgan fingerprint density at radius 1 is 1.24 bits per heavy atom. The Hall–Kier alpha value is -1.10. The summed E-state index contributed by atoms with van der Waals surface area (Å²) in [5.41, 5.74) is 1.13. The number of methoxy groups -OCH3 is 1. The molecule has 2 N–H and O–H groups in total. The molecule has 4 nitrogen and oxygen atoms in total. The summed E-state index contributed by atoms with van der Waals surface area (Å²) in [4.78, 5) is 0. The molecule has 0 unspecified atom stereocenters. The molecule has 0 aliphatic heterocycles. The lowest BCUT2D eigenvalue weighted by Crippen LogP contribution is -2.19. The summed E-state index contributed by atoms with van der Waals surface area (Å²) >= 11 is 0. The van der Waals surface area contributed by atoms with Crippen molar-refractivity contribution in [2.75, 3.05) is 33.5 Å². The largest absolute Gasteiger partial charge is 0.493 e. The van der Waals surface area contributed by atoms with Gasteiger partial charge < -0.3 is 19.9 Å². The van der Waals surface area contributed by atoms with Gasteiger partial charge in [0.05, 0.1) is 13.2 Å². The fraction of sp³-hybridized carbons (Fsp3) is 0.538. The molecule has 4 heteroatoms. The maximum atomic E-state index is 8.71. The van der Waals surface area contributed by atoms with E-state index in [9.17, 15) is 0 Å². The molecule has 0 saturated heterocycles. The molecule has 1 aromatic carbocycles. The topological polar surface area (TPSA) is 50.7 Å². The van der Waals surface area contributed by atoms with Crippen molar-refractivity contribution in [2.24, 2.45) is 0 Å². The molecule has 0 spiro atoms. The number of hydrogen-bond donors (Lipinski definition) is 2. The lowest BCUT2D eigenvalue weighted by Gasteiger charge is -2.11. The average molecular weight is 239 g/mol. The first-order valence-electron chi connectivity index (χ1n) is 5.89. The average Bonchev–Trinajstić information content (AvgIpc) is 2.36. The van der Waals surface area contributed by atoms with Crippen molar-refractivity contribution in [3.63, 3.8) is 0 Å². The summed E-state index contributed by atoms with van der Waals surface area (Å²) in [7, 11) is 1.69. The van der Waals surface area contributed by atoms with Crippen molar-refractivity contribution < 1.29 is 14.6 Å². The highest BCUT2D eigenvalue weighted by atomic mass is 16.5. The Bertz CT molecular complexity index is 304. The summed E-state index contributed by atoms with van der Waals surface area (Å²) in [5.74, 6) is 0.880. The fourth-order valence-electron chi connectivity index (χ4n) is 1.43. The predicted octanol–water partition coefficient (Wildman–Crippen LogP) is 1.18. The second-order valence-corrected chi connectivity index (χ2v) is 3.70.